The van der Waals surface area contributed by atoms with E-state index in [1.807, 2.05) is 6.92 Å². The Balaban J connectivity index is 2.28. The van der Waals surface area contributed by atoms with E-state index in [0.29, 0.717) is 0 Å². The molecule has 1 fully saturated rings. The van der Waals surface area contributed by atoms with Crippen LogP contribution in [0.1, 0.15) is 72.1 Å². The second kappa shape index (κ2) is 8.40. The molecule has 4 heteroatoms. The maximum Gasteiger partial charge on any atom is 0.305 e. The molecule has 0 aromatic heterocycles. The van der Waals surface area contributed by atoms with Crippen molar-refractivity contribution in [2.24, 2.45) is 17.3 Å². The normalized spacial score (nSPS) is 25.8. The van der Waals surface area contributed by atoms with Gasteiger partial charge in [-0.25, -0.2) is 0 Å². The zero-order valence-corrected chi connectivity index (χ0v) is 13.8. The molecule has 0 bridgehead atoms. The number of rotatable bonds is 8. The summed E-state index contributed by atoms with van der Waals surface area (Å²) in [6.45, 7) is 6.79. The molecule has 0 heterocycles. The number of carbonyl (C=O) groups is 2. The first kappa shape index (κ1) is 18.0. The van der Waals surface area contributed by atoms with Gasteiger partial charge in [0.2, 0.25) is 5.91 Å². The summed E-state index contributed by atoms with van der Waals surface area (Å²) in [6, 6.07) is 0. The molecule has 1 aliphatic rings. The van der Waals surface area contributed by atoms with Crippen molar-refractivity contribution in [3.63, 3.8) is 0 Å². The minimum absolute atomic E-state index is 0.000350. The number of aliphatic carboxylic acids is 1. The Labute approximate surface area is 128 Å². The summed E-state index contributed by atoms with van der Waals surface area (Å²) in [5.74, 6) is 0.709. The lowest BCUT2D eigenvalue weighted by Gasteiger charge is -2.36. The van der Waals surface area contributed by atoms with E-state index < -0.39 is 5.97 Å². The van der Waals surface area contributed by atoms with E-state index in [4.69, 9.17) is 5.11 Å². The number of carboxylic acid groups (broad SMARTS) is 1. The molecule has 0 spiro atoms. The first-order valence-electron chi connectivity index (χ1n) is 8.33. The Morgan fingerprint density at radius 3 is 2.43 bits per heavy atom. The lowest BCUT2D eigenvalue weighted by Crippen LogP contribution is -2.42. The molecule has 0 radical (unpaired) electrons. The molecular formula is C17H31NO3. The van der Waals surface area contributed by atoms with Gasteiger partial charge in [-0.05, 0) is 37.5 Å². The number of hydrogen-bond acceptors (Lipinski definition) is 2. The molecule has 1 aliphatic carbocycles. The lowest BCUT2D eigenvalue weighted by atomic mass is 9.70. The van der Waals surface area contributed by atoms with E-state index in [-0.39, 0.29) is 24.3 Å². The maximum absolute atomic E-state index is 12.2. The van der Waals surface area contributed by atoms with Crippen molar-refractivity contribution in [1.29, 1.82) is 0 Å². The molecule has 1 rings (SSSR count). The van der Waals surface area contributed by atoms with Gasteiger partial charge in [0.15, 0.2) is 0 Å². The Bertz CT molecular complexity index is 344. The zero-order chi connectivity index (χ0) is 15.9. The van der Waals surface area contributed by atoms with Crippen LogP contribution < -0.4 is 5.32 Å². The third kappa shape index (κ3) is 6.49. The Morgan fingerprint density at radius 1 is 1.29 bits per heavy atom. The standard InChI is InChI=1S/C17H31NO3/c1-13(2)5-4-6-14-7-10-17(3,11-8-14)16(21)18-12-9-15(19)20/h13-14H,4-12H2,1-3H3,(H,18,21)(H,19,20). The van der Waals surface area contributed by atoms with Crippen LogP contribution in [-0.2, 0) is 9.59 Å². The van der Waals surface area contributed by atoms with Gasteiger partial charge in [-0.1, -0.05) is 40.0 Å². The van der Waals surface area contributed by atoms with Gasteiger partial charge in [0, 0.05) is 12.0 Å². The van der Waals surface area contributed by atoms with Crippen LogP contribution in [0.3, 0.4) is 0 Å². The van der Waals surface area contributed by atoms with Gasteiger partial charge in [-0.15, -0.1) is 0 Å². The van der Waals surface area contributed by atoms with Gasteiger partial charge in [0.1, 0.15) is 0 Å². The third-order valence-corrected chi connectivity index (χ3v) is 4.78. The molecule has 2 N–H and O–H groups in total. The number of amides is 1. The minimum Gasteiger partial charge on any atom is -0.481 e. The highest BCUT2D eigenvalue weighted by Crippen LogP contribution is 2.40. The highest BCUT2D eigenvalue weighted by molar-refractivity contribution is 5.82. The molecule has 122 valence electrons. The SMILES string of the molecule is CC(C)CCCC1CCC(C)(C(=O)NCCC(=O)O)CC1. The Hall–Kier alpha value is -1.06. The van der Waals surface area contributed by atoms with Gasteiger partial charge < -0.3 is 10.4 Å². The number of carbonyl (C=O) groups excluding carboxylic acids is 1. The average molecular weight is 297 g/mol. The van der Waals surface area contributed by atoms with E-state index in [1.54, 1.807) is 0 Å². The third-order valence-electron chi connectivity index (χ3n) is 4.78. The molecule has 1 saturated carbocycles. The molecule has 21 heavy (non-hydrogen) atoms. The van der Waals surface area contributed by atoms with Crippen molar-refractivity contribution in [2.45, 2.75) is 72.1 Å². The first-order valence-corrected chi connectivity index (χ1v) is 8.33. The summed E-state index contributed by atoms with van der Waals surface area (Å²) in [4.78, 5) is 22.7. The van der Waals surface area contributed by atoms with Crippen LogP contribution in [0.25, 0.3) is 0 Å². The largest absolute Gasteiger partial charge is 0.481 e. The molecule has 0 aromatic rings. The molecule has 0 unspecified atom stereocenters. The fraction of sp³-hybridized carbons (Fsp3) is 0.882. The summed E-state index contributed by atoms with van der Waals surface area (Å²) >= 11 is 0. The van der Waals surface area contributed by atoms with Gasteiger partial charge >= 0.3 is 5.97 Å². The molecule has 0 atom stereocenters. The predicted molar refractivity (Wildman–Crippen MR) is 84.0 cm³/mol. The number of nitrogens with one attached hydrogen (secondary N) is 1. The number of carboxylic acids is 1. The van der Waals surface area contributed by atoms with Gasteiger partial charge in [-0.2, -0.15) is 0 Å². The van der Waals surface area contributed by atoms with Crippen molar-refractivity contribution in [1.82, 2.24) is 5.32 Å². The van der Waals surface area contributed by atoms with Crippen molar-refractivity contribution < 1.29 is 14.7 Å². The van der Waals surface area contributed by atoms with Crippen molar-refractivity contribution >= 4 is 11.9 Å². The molecule has 4 nitrogen and oxygen atoms in total. The van der Waals surface area contributed by atoms with E-state index in [0.717, 1.165) is 37.5 Å². The highest BCUT2D eigenvalue weighted by atomic mass is 16.4. The molecule has 0 aliphatic heterocycles. The van der Waals surface area contributed by atoms with E-state index >= 15 is 0 Å². The van der Waals surface area contributed by atoms with Gasteiger partial charge in [-0.3, -0.25) is 9.59 Å². The smallest absolute Gasteiger partial charge is 0.305 e. The Morgan fingerprint density at radius 2 is 1.90 bits per heavy atom. The van der Waals surface area contributed by atoms with Crippen LogP contribution in [0.2, 0.25) is 0 Å². The lowest BCUT2D eigenvalue weighted by molar-refractivity contribution is -0.137. The van der Waals surface area contributed by atoms with E-state index in [1.165, 1.54) is 19.3 Å². The molecule has 1 amide bonds. The van der Waals surface area contributed by atoms with Gasteiger partial charge in [0.05, 0.1) is 6.42 Å². The quantitative estimate of drug-likeness (QED) is 0.719. The van der Waals surface area contributed by atoms with Crippen molar-refractivity contribution in [2.75, 3.05) is 6.54 Å². The minimum atomic E-state index is -0.866. The monoisotopic (exact) mass is 297 g/mol. The fourth-order valence-electron chi connectivity index (χ4n) is 3.14. The van der Waals surface area contributed by atoms with Crippen LogP contribution in [0.4, 0.5) is 0 Å². The Kier molecular flexibility index (Phi) is 7.20. The van der Waals surface area contributed by atoms with E-state index in [9.17, 15) is 9.59 Å². The van der Waals surface area contributed by atoms with Crippen LogP contribution in [0, 0.1) is 17.3 Å². The molecule has 0 aromatic carbocycles. The topological polar surface area (TPSA) is 66.4 Å². The summed E-state index contributed by atoms with van der Waals surface area (Å²) in [5, 5.41) is 11.4. The molecular weight excluding hydrogens is 266 g/mol. The average Bonchev–Trinajstić information content (AvgIpc) is 2.40. The predicted octanol–water partition coefficient (Wildman–Crippen LogP) is 3.60. The summed E-state index contributed by atoms with van der Waals surface area (Å²) in [5.41, 5.74) is -0.299. The summed E-state index contributed by atoms with van der Waals surface area (Å²) < 4.78 is 0. The summed E-state index contributed by atoms with van der Waals surface area (Å²) in [6.07, 6.45) is 7.99. The maximum atomic E-state index is 12.2. The fourth-order valence-corrected chi connectivity index (χ4v) is 3.14. The highest BCUT2D eigenvalue weighted by Gasteiger charge is 2.37. The van der Waals surface area contributed by atoms with Crippen LogP contribution >= 0.6 is 0 Å². The molecule has 0 saturated heterocycles. The van der Waals surface area contributed by atoms with Crippen LogP contribution in [0.15, 0.2) is 0 Å². The number of hydrogen-bond donors (Lipinski definition) is 2. The second-order valence-corrected chi connectivity index (χ2v) is 7.23. The zero-order valence-electron chi connectivity index (χ0n) is 13.8. The van der Waals surface area contributed by atoms with Gasteiger partial charge in [0.25, 0.3) is 0 Å². The van der Waals surface area contributed by atoms with Crippen LogP contribution in [0.5, 0.6) is 0 Å². The summed E-state index contributed by atoms with van der Waals surface area (Å²) in [7, 11) is 0. The van der Waals surface area contributed by atoms with Crippen LogP contribution in [-0.4, -0.2) is 23.5 Å². The van der Waals surface area contributed by atoms with Crippen molar-refractivity contribution in [3.05, 3.63) is 0 Å². The van der Waals surface area contributed by atoms with E-state index in [2.05, 4.69) is 19.2 Å². The first-order chi connectivity index (χ1) is 9.83. The van der Waals surface area contributed by atoms with Crippen molar-refractivity contribution in [3.8, 4) is 0 Å². The second-order valence-electron chi connectivity index (χ2n) is 7.23.